The van der Waals surface area contributed by atoms with Gasteiger partial charge in [-0.3, -0.25) is 0 Å². The van der Waals surface area contributed by atoms with Gasteiger partial charge in [0.1, 0.15) is 0 Å². The number of rotatable bonds is 1. The molecule has 2 aliphatic carbocycles. The van der Waals surface area contributed by atoms with Crippen LogP contribution in [0.1, 0.15) is 109 Å². The van der Waals surface area contributed by atoms with Crippen LogP contribution in [0.5, 0.6) is 0 Å². The summed E-state index contributed by atoms with van der Waals surface area (Å²) in [7, 11) is 1.30. The summed E-state index contributed by atoms with van der Waals surface area (Å²) in [6, 6.07) is 0. The number of hydrogen-bond acceptors (Lipinski definition) is 0. The monoisotopic (exact) mass is 336 g/mol. The third-order valence-electron chi connectivity index (χ3n) is 5.98. The van der Waals surface area contributed by atoms with Crippen LogP contribution in [-0.4, -0.2) is 11.8 Å². The molecular weight excluding hydrogens is 295 g/mol. The Balaban J connectivity index is 0.000000326. The highest BCUT2D eigenvalue weighted by Gasteiger charge is 2.21. The quantitative estimate of drug-likeness (QED) is 0.337. The van der Waals surface area contributed by atoms with Crippen molar-refractivity contribution in [3.05, 3.63) is 12.2 Å². The van der Waals surface area contributed by atoms with Crippen molar-refractivity contribution in [2.24, 2.45) is 5.92 Å². The lowest BCUT2D eigenvalue weighted by Crippen LogP contribution is -2.17. The van der Waals surface area contributed by atoms with Gasteiger partial charge in [0.05, 0.1) is 0 Å². The van der Waals surface area contributed by atoms with E-state index < -0.39 is 0 Å². The van der Waals surface area contributed by atoms with E-state index >= 15 is 0 Å². The summed E-state index contributed by atoms with van der Waals surface area (Å²) < 4.78 is 0. The van der Waals surface area contributed by atoms with Gasteiger partial charge >= 0.3 is 0 Å². The van der Waals surface area contributed by atoms with E-state index in [4.69, 9.17) is 0 Å². The van der Waals surface area contributed by atoms with Gasteiger partial charge in [0.15, 0.2) is 0 Å². The molecule has 0 aromatic rings. The van der Waals surface area contributed by atoms with Gasteiger partial charge in [-0.05, 0) is 62.7 Å². The Labute approximate surface area is 148 Å². The van der Waals surface area contributed by atoms with E-state index in [-0.39, 0.29) is 0 Å². The first-order valence-electron chi connectivity index (χ1n) is 10.9. The maximum Gasteiger partial charge on any atom is -0.0208 e. The zero-order valence-corrected chi connectivity index (χ0v) is 16.5. The minimum absolute atomic E-state index is 1.11. The van der Waals surface area contributed by atoms with Crippen molar-refractivity contribution in [2.75, 3.05) is 6.16 Å². The Morgan fingerprint density at radius 2 is 1.04 bits per heavy atom. The van der Waals surface area contributed by atoms with E-state index in [1.54, 1.807) is 25.4 Å². The molecule has 1 aliphatic heterocycles. The van der Waals surface area contributed by atoms with Crippen LogP contribution in [0.15, 0.2) is 12.2 Å². The molecule has 1 heteroatoms. The largest absolute Gasteiger partial charge is 0.119 e. The highest BCUT2D eigenvalue weighted by atomic mass is 31.1. The van der Waals surface area contributed by atoms with Gasteiger partial charge in [-0.15, -0.1) is 8.58 Å². The molecule has 2 unspecified atom stereocenters. The van der Waals surface area contributed by atoms with Gasteiger partial charge in [0.25, 0.3) is 0 Å². The highest BCUT2D eigenvalue weighted by Crippen LogP contribution is 2.38. The lowest BCUT2D eigenvalue weighted by molar-refractivity contribution is 0.392. The molecule has 2 atom stereocenters. The molecule has 0 amide bonds. The van der Waals surface area contributed by atoms with Crippen molar-refractivity contribution in [3.63, 3.8) is 0 Å². The van der Waals surface area contributed by atoms with Crippen molar-refractivity contribution < 1.29 is 0 Å². The van der Waals surface area contributed by atoms with Crippen LogP contribution in [0.3, 0.4) is 0 Å². The fraction of sp³-hybridized carbons (Fsp3) is 0.909. The predicted octanol–water partition coefficient (Wildman–Crippen LogP) is 7.86. The molecule has 0 aromatic carbocycles. The highest BCUT2D eigenvalue weighted by molar-refractivity contribution is 7.38. The molecule has 1 heterocycles. The molecule has 3 rings (SSSR count). The van der Waals surface area contributed by atoms with E-state index in [1.807, 2.05) is 0 Å². The Kier molecular flexibility index (Phi) is 11.4. The van der Waals surface area contributed by atoms with Gasteiger partial charge in [-0.1, -0.05) is 76.4 Å². The Hall–Kier alpha value is 0.170. The summed E-state index contributed by atoms with van der Waals surface area (Å²) >= 11 is 0. The predicted molar refractivity (Wildman–Crippen MR) is 108 cm³/mol. The number of allylic oxidation sites excluding steroid dienone is 2. The van der Waals surface area contributed by atoms with Gasteiger partial charge in [0.2, 0.25) is 0 Å². The molecule has 2 fully saturated rings. The summed E-state index contributed by atoms with van der Waals surface area (Å²) in [5.41, 5.74) is 1.13. The molecule has 23 heavy (non-hydrogen) atoms. The van der Waals surface area contributed by atoms with E-state index in [2.05, 4.69) is 12.2 Å². The minimum Gasteiger partial charge on any atom is -0.119 e. The zero-order valence-electron chi connectivity index (χ0n) is 15.5. The van der Waals surface area contributed by atoms with Gasteiger partial charge in [-0.25, -0.2) is 0 Å². The van der Waals surface area contributed by atoms with E-state index in [9.17, 15) is 0 Å². The maximum absolute atomic E-state index is 2.24. The SMILES string of the molecule is C1=CCCC1.C1CCCCC(C2CCCCCCCP2)CCC1. The third kappa shape index (κ3) is 9.28. The zero-order chi connectivity index (χ0) is 16.0. The third-order valence-corrected chi connectivity index (χ3v) is 7.90. The van der Waals surface area contributed by atoms with Crippen LogP contribution in [0.4, 0.5) is 0 Å². The average Bonchev–Trinajstić information content (AvgIpc) is 3.19. The summed E-state index contributed by atoms with van der Waals surface area (Å²) in [6.07, 6.45) is 31.5. The number of hydrogen-bond donors (Lipinski definition) is 0. The summed E-state index contributed by atoms with van der Waals surface area (Å²) in [4.78, 5) is 0. The molecule has 0 aromatic heterocycles. The van der Waals surface area contributed by atoms with Crippen LogP contribution in [0.2, 0.25) is 0 Å². The van der Waals surface area contributed by atoms with Gasteiger partial charge in [-0.2, -0.15) is 0 Å². The van der Waals surface area contributed by atoms with Crippen LogP contribution in [0, 0.1) is 5.92 Å². The summed E-state index contributed by atoms with van der Waals surface area (Å²) in [5, 5.41) is 0. The van der Waals surface area contributed by atoms with Crippen LogP contribution >= 0.6 is 8.58 Å². The topological polar surface area (TPSA) is 0 Å². The fourth-order valence-corrected chi connectivity index (χ4v) is 6.37. The first-order valence-corrected chi connectivity index (χ1v) is 12.1. The second kappa shape index (κ2) is 13.5. The second-order valence-corrected chi connectivity index (χ2v) is 9.63. The Morgan fingerprint density at radius 1 is 0.522 bits per heavy atom. The van der Waals surface area contributed by atoms with Crippen LogP contribution in [-0.2, 0) is 0 Å². The Bertz CT molecular complexity index is 248. The molecule has 0 N–H and O–H groups in total. The first-order chi connectivity index (χ1) is 11.5. The Morgan fingerprint density at radius 3 is 1.61 bits per heavy atom. The lowest BCUT2D eigenvalue weighted by Gasteiger charge is -2.27. The molecule has 1 saturated carbocycles. The molecule has 134 valence electrons. The molecule has 0 bridgehead atoms. The van der Waals surface area contributed by atoms with Gasteiger partial charge in [0, 0.05) is 0 Å². The maximum atomic E-state index is 2.24. The van der Waals surface area contributed by atoms with Crippen molar-refractivity contribution in [3.8, 4) is 0 Å². The summed E-state index contributed by atoms with van der Waals surface area (Å²) in [6.45, 7) is 0. The van der Waals surface area contributed by atoms with Crippen molar-refractivity contribution in [1.82, 2.24) is 0 Å². The first kappa shape index (κ1) is 19.5. The smallest absolute Gasteiger partial charge is 0.0208 e. The van der Waals surface area contributed by atoms with Crippen LogP contribution in [0.25, 0.3) is 0 Å². The van der Waals surface area contributed by atoms with Crippen molar-refractivity contribution in [2.45, 2.75) is 115 Å². The molecule has 1 saturated heterocycles. The molecule has 0 radical (unpaired) electrons. The fourth-order valence-electron chi connectivity index (χ4n) is 4.47. The molecular formula is C22H41P. The average molecular weight is 337 g/mol. The van der Waals surface area contributed by atoms with Crippen molar-refractivity contribution in [1.29, 1.82) is 0 Å². The van der Waals surface area contributed by atoms with E-state index in [0.717, 1.165) is 11.6 Å². The van der Waals surface area contributed by atoms with E-state index in [0.29, 0.717) is 0 Å². The second-order valence-electron chi connectivity index (χ2n) is 7.98. The van der Waals surface area contributed by atoms with E-state index in [1.165, 1.54) is 98.5 Å². The normalized spacial score (nSPS) is 29.3. The minimum atomic E-state index is 1.11. The standard InChI is InChI=1S/C17H33P.C5H8/c1-2-5-9-13-16(12-8-4-1)17-14-10-6-3-7-11-15-18-17;1-2-4-5-3-1/h16-18H,1-15H2;1-2H,3-5H2. The molecule has 0 spiro atoms. The van der Waals surface area contributed by atoms with Crippen molar-refractivity contribution >= 4 is 8.58 Å². The van der Waals surface area contributed by atoms with Crippen LogP contribution < -0.4 is 0 Å². The molecule has 0 nitrogen and oxygen atoms in total. The van der Waals surface area contributed by atoms with Gasteiger partial charge < -0.3 is 0 Å². The lowest BCUT2D eigenvalue weighted by atomic mass is 9.90. The molecule has 3 aliphatic rings. The summed E-state index contributed by atoms with van der Waals surface area (Å²) in [5.74, 6) is 1.11.